The van der Waals surface area contributed by atoms with E-state index in [1.54, 1.807) is 0 Å². The predicted octanol–water partition coefficient (Wildman–Crippen LogP) is 5.91. The Labute approximate surface area is 136 Å². The molecule has 0 saturated heterocycles. The van der Waals surface area contributed by atoms with Gasteiger partial charge in [-0.15, -0.1) is 0 Å². The molecule has 27 heavy (non-hydrogen) atoms. The summed E-state index contributed by atoms with van der Waals surface area (Å²) in [5.74, 6) is -36.0. The Kier molecular flexibility index (Phi) is 3.89. The summed E-state index contributed by atoms with van der Waals surface area (Å²) in [7, 11) is 0. The van der Waals surface area contributed by atoms with Gasteiger partial charge in [0.15, 0.2) is 0 Å². The molecule has 156 valence electrons. The zero-order valence-electron chi connectivity index (χ0n) is 11.5. The number of alkyl halides is 16. The minimum absolute atomic E-state index is 4.23. The van der Waals surface area contributed by atoms with E-state index in [0.29, 0.717) is 0 Å². The van der Waals surface area contributed by atoms with Crippen molar-refractivity contribution in [3.05, 3.63) is 22.3 Å². The third-order valence-corrected chi connectivity index (χ3v) is 3.76. The zero-order chi connectivity index (χ0) is 21.8. The van der Waals surface area contributed by atoms with Gasteiger partial charge in [-0.05, 0) is 0 Å². The Balaban J connectivity index is 3.14. The van der Waals surface area contributed by atoms with Crippen LogP contribution in [0.5, 0.6) is 0 Å². The number of rotatable bonds is 0. The summed E-state index contributed by atoms with van der Waals surface area (Å²) in [5.41, 5.74) is -17.3. The number of allylic oxidation sites excluding steroid dienone is 4. The van der Waals surface area contributed by atoms with E-state index in [1.807, 2.05) is 0 Å². The molecule has 0 aromatic heterocycles. The lowest BCUT2D eigenvalue weighted by Gasteiger charge is -2.43. The molecule has 0 spiro atoms. The smallest absolute Gasteiger partial charge is 0.196 e. The molecule has 2 rings (SSSR count). The third-order valence-electron chi connectivity index (χ3n) is 3.76. The summed E-state index contributed by atoms with van der Waals surface area (Å²) >= 11 is 0. The second-order valence-electron chi connectivity index (χ2n) is 5.37. The molecular weight excluding hydrogens is 436 g/mol. The van der Waals surface area contributed by atoms with Crippen molar-refractivity contribution in [3.8, 4) is 0 Å². The molecule has 0 aliphatic heterocycles. The molecule has 16 heteroatoms. The maximum absolute atomic E-state index is 13.7. The molecule has 0 saturated carbocycles. The summed E-state index contributed by atoms with van der Waals surface area (Å²) < 4.78 is 211. The lowest BCUT2D eigenvalue weighted by atomic mass is 9.78. The highest BCUT2D eigenvalue weighted by molar-refractivity contribution is 5.65. The Hall–Kier alpha value is -1.64. The van der Waals surface area contributed by atoms with Crippen molar-refractivity contribution in [2.45, 2.75) is 42.0 Å². The first-order chi connectivity index (χ1) is 11.5. The Bertz CT molecular complexity index is 739. The number of halogens is 16. The van der Waals surface area contributed by atoms with Crippen LogP contribution >= 0.6 is 0 Å². The molecule has 0 fully saturated rings. The summed E-state index contributed by atoms with van der Waals surface area (Å²) in [5, 5.41) is 0. The molecule has 0 nitrogen and oxygen atoms in total. The molecule has 0 aromatic rings. The van der Waals surface area contributed by atoms with Crippen molar-refractivity contribution in [1.29, 1.82) is 0 Å². The van der Waals surface area contributed by atoms with E-state index in [1.165, 1.54) is 0 Å². The van der Waals surface area contributed by atoms with E-state index in [9.17, 15) is 70.2 Å². The fraction of sp³-hybridized carbons (Fsp3) is 0.636. The van der Waals surface area contributed by atoms with Gasteiger partial charge in [0, 0.05) is 0 Å². The lowest BCUT2D eigenvalue weighted by Crippen LogP contribution is -2.68. The molecule has 0 unspecified atom stereocenters. The van der Waals surface area contributed by atoms with E-state index < -0.39 is 64.3 Å². The minimum atomic E-state index is -7.44. The molecule has 0 N–H and O–H groups in total. The second-order valence-corrected chi connectivity index (χ2v) is 5.37. The van der Waals surface area contributed by atoms with Crippen molar-refractivity contribution in [1.82, 2.24) is 0 Å². The quantitative estimate of drug-likeness (QED) is 0.415. The fourth-order valence-corrected chi connectivity index (χ4v) is 2.67. The first-order valence-electron chi connectivity index (χ1n) is 6.02. The van der Waals surface area contributed by atoms with Gasteiger partial charge < -0.3 is 0 Å². The molecule has 0 amide bonds. The van der Waals surface area contributed by atoms with Crippen LogP contribution in [0.25, 0.3) is 0 Å². The predicted molar refractivity (Wildman–Crippen MR) is 50.9 cm³/mol. The van der Waals surface area contributed by atoms with Crippen molar-refractivity contribution < 1.29 is 70.2 Å². The van der Waals surface area contributed by atoms with Crippen molar-refractivity contribution in [3.63, 3.8) is 0 Å². The molecule has 0 heterocycles. The van der Waals surface area contributed by atoms with Crippen LogP contribution in [0.3, 0.4) is 0 Å². The fourth-order valence-electron chi connectivity index (χ4n) is 2.67. The van der Waals surface area contributed by atoms with Gasteiger partial charge in [-0.1, -0.05) is 0 Å². The lowest BCUT2D eigenvalue weighted by molar-refractivity contribution is -0.362. The van der Waals surface area contributed by atoms with Gasteiger partial charge in [0.2, 0.25) is 0 Å². The van der Waals surface area contributed by atoms with Crippen LogP contribution in [0.15, 0.2) is 22.3 Å². The molecule has 0 atom stereocenters. The molecular formula is C11F16. The molecule has 0 radical (unpaired) electrons. The van der Waals surface area contributed by atoms with E-state index in [4.69, 9.17) is 0 Å². The van der Waals surface area contributed by atoms with Crippen molar-refractivity contribution in [2.75, 3.05) is 0 Å². The summed E-state index contributed by atoms with van der Waals surface area (Å²) in [6.45, 7) is 0. The van der Waals surface area contributed by atoms with Gasteiger partial charge in [-0.3, -0.25) is 0 Å². The van der Waals surface area contributed by atoms with E-state index in [0.717, 1.165) is 0 Å². The number of hydrogen-bond donors (Lipinski definition) is 0. The Morgan fingerprint density at radius 3 is 1.22 bits per heavy atom. The highest BCUT2D eigenvalue weighted by atomic mass is 19.4. The van der Waals surface area contributed by atoms with Crippen molar-refractivity contribution in [2.24, 2.45) is 0 Å². The topological polar surface area (TPSA) is 0 Å². The van der Waals surface area contributed by atoms with Crippen LogP contribution < -0.4 is 0 Å². The summed E-state index contributed by atoms with van der Waals surface area (Å²) in [6.07, 6.45) is -13.9. The van der Waals surface area contributed by atoms with E-state index >= 15 is 0 Å². The van der Waals surface area contributed by atoms with E-state index in [-0.39, 0.29) is 0 Å². The first-order valence-corrected chi connectivity index (χ1v) is 6.02. The summed E-state index contributed by atoms with van der Waals surface area (Å²) in [6, 6.07) is 0. The maximum atomic E-state index is 13.7. The van der Waals surface area contributed by atoms with Gasteiger partial charge in [0.25, 0.3) is 0 Å². The molecule has 0 bridgehead atoms. The van der Waals surface area contributed by atoms with Gasteiger partial charge in [-0.25, -0.2) is 0 Å². The van der Waals surface area contributed by atoms with Crippen molar-refractivity contribution >= 4 is 0 Å². The molecule has 0 aromatic carbocycles. The normalized spacial score (nSPS) is 28.4. The Morgan fingerprint density at radius 2 is 0.889 bits per heavy atom. The third kappa shape index (κ3) is 2.26. The van der Waals surface area contributed by atoms with Crippen LogP contribution in [-0.4, -0.2) is 42.0 Å². The zero-order valence-corrected chi connectivity index (χ0v) is 11.5. The highest BCUT2D eigenvalue weighted by Crippen LogP contribution is 2.71. The average molecular weight is 436 g/mol. The van der Waals surface area contributed by atoms with Gasteiger partial charge in [0.05, 0.1) is 16.7 Å². The highest BCUT2D eigenvalue weighted by Gasteiger charge is 2.91. The SMILES string of the molecule is FC(F)(F)C1=C(C(F)(F)F)C(F)(F)C2=C1C(F)(F)C(F)(F)C(F)(F)C2(F)F. The maximum Gasteiger partial charge on any atom is 0.419 e. The minimum Gasteiger partial charge on any atom is -0.196 e. The average Bonchev–Trinajstić information content (AvgIpc) is 2.65. The second kappa shape index (κ2) is 4.85. The monoisotopic (exact) mass is 436 g/mol. The van der Waals surface area contributed by atoms with Crippen LogP contribution in [0.2, 0.25) is 0 Å². The van der Waals surface area contributed by atoms with Gasteiger partial charge >= 0.3 is 42.0 Å². The number of hydrogen-bond acceptors (Lipinski definition) is 0. The first kappa shape index (κ1) is 21.7. The van der Waals surface area contributed by atoms with Gasteiger partial charge in [0.1, 0.15) is 5.57 Å². The van der Waals surface area contributed by atoms with E-state index in [2.05, 4.69) is 0 Å². The standard InChI is InChI=1S/C11F16/c12-5(13)3-1(2(8(18,19)20)4(5)9(21,22)23)6(14,15)10(24,25)11(26,27)7(3,16)17. The molecule has 2 aliphatic carbocycles. The van der Waals surface area contributed by atoms with Crippen LogP contribution in [0, 0.1) is 0 Å². The molecule has 2 aliphatic rings. The van der Waals surface area contributed by atoms with Crippen LogP contribution in [-0.2, 0) is 0 Å². The van der Waals surface area contributed by atoms with Crippen LogP contribution in [0.1, 0.15) is 0 Å². The van der Waals surface area contributed by atoms with Gasteiger partial charge in [-0.2, -0.15) is 70.2 Å². The van der Waals surface area contributed by atoms with Crippen LogP contribution in [0.4, 0.5) is 70.2 Å². The summed E-state index contributed by atoms with van der Waals surface area (Å²) in [4.78, 5) is 0. The largest absolute Gasteiger partial charge is 0.419 e. The Morgan fingerprint density at radius 1 is 0.519 bits per heavy atom.